The molecule has 0 atom stereocenters. The fraction of sp³-hybridized carbons (Fsp3) is 0.226. The van der Waals surface area contributed by atoms with E-state index >= 15 is 0 Å². The lowest BCUT2D eigenvalue weighted by atomic mass is 10.1. The summed E-state index contributed by atoms with van der Waals surface area (Å²) in [4.78, 5) is 0.534. The first-order valence-electron chi connectivity index (χ1n) is 13.2. The Morgan fingerprint density at radius 2 is 0.872 bits per heavy atom. The molecule has 3 aliphatic rings. The molecule has 1 heterocycles. The Balaban J connectivity index is 1.10. The highest BCUT2D eigenvalue weighted by Crippen LogP contribution is 2.39. The second kappa shape index (κ2) is 9.13. The number of sulfonamides is 2. The first-order chi connectivity index (χ1) is 18.8. The van der Waals surface area contributed by atoms with E-state index in [0.717, 1.165) is 33.4 Å². The van der Waals surface area contributed by atoms with E-state index in [1.165, 1.54) is 19.7 Å². The fourth-order valence-electron chi connectivity index (χ4n) is 6.21. The topological polar surface area (TPSA) is 74.8 Å². The van der Waals surface area contributed by atoms with Gasteiger partial charge in [-0.15, -0.1) is 0 Å². The Morgan fingerprint density at radius 1 is 0.462 bits per heavy atom. The lowest BCUT2D eigenvalue weighted by Gasteiger charge is -2.22. The zero-order valence-electron chi connectivity index (χ0n) is 21.4. The Morgan fingerprint density at radius 3 is 1.33 bits per heavy atom. The van der Waals surface area contributed by atoms with Crippen molar-refractivity contribution >= 4 is 20.0 Å². The van der Waals surface area contributed by atoms with Gasteiger partial charge in [-0.05, 0) is 88.0 Å². The van der Waals surface area contributed by atoms with Crippen molar-refractivity contribution in [3.63, 3.8) is 0 Å². The molecular weight excluding hydrogens is 528 g/mol. The minimum Gasteiger partial charge on any atom is -0.207 e. The van der Waals surface area contributed by atoms with Gasteiger partial charge in [0.2, 0.25) is 20.0 Å². The first-order valence-corrected chi connectivity index (χ1v) is 16.1. The molecule has 0 amide bonds. The van der Waals surface area contributed by atoms with E-state index in [2.05, 4.69) is 24.3 Å². The maximum absolute atomic E-state index is 13.6. The van der Waals surface area contributed by atoms with Crippen LogP contribution in [-0.2, 0) is 32.9 Å². The number of hydrogen-bond donors (Lipinski definition) is 0. The summed E-state index contributed by atoms with van der Waals surface area (Å²) in [5, 5.41) is 0. The number of hydrogen-bond acceptors (Lipinski definition) is 4. The highest BCUT2D eigenvalue weighted by molar-refractivity contribution is 7.89. The molecule has 2 aliphatic carbocycles. The van der Waals surface area contributed by atoms with E-state index < -0.39 is 20.0 Å². The average Bonchev–Trinajstić information content (AvgIpc) is 3.38. The van der Waals surface area contributed by atoms with Crippen molar-refractivity contribution < 1.29 is 16.8 Å². The number of fused-ring (bicyclic) bond motifs is 6. The van der Waals surface area contributed by atoms with E-state index in [1.54, 1.807) is 24.3 Å². The van der Waals surface area contributed by atoms with E-state index in [-0.39, 0.29) is 36.0 Å². The minimum absolute atomic E-state index is 0.120. The molecule has 0 spiro atoms. The average molecular weight is 557 g/mol. The van der Waals surface area contributed by atoms with Crippen LogP contribution < -0.4 is 0 Å². The van der Waals surface area contributed by atoms with Gasteiger partial charge in [-0.1, -0.05) is 60.7 Å². The second-order valence-corrected chi connectivity index (χ2v) is 14.3. The zero-order valence-corrected chi connectivity index (χ0v) is 23.0. The van der Waals surface area contributed by atoms with Crippen LogP contribution in [0.1, 0.15) is 28.7 Å². The molecule has 198 valence electrons. The summed E-state index contributed by atoms with van der Waals surface area (Å²) in [6.45, 7) is 0.806. The van der Waals surface area contributed by atoms with Gasteiger partial charge in [0.15, 0.2) is 0 Å². The summed E-state index contributed by atoms with van der Waals surface area (Å²) in [6, 6.07) is 27.0. The smallest absolute Gasteiger partial charge is 0.207 e. The molecule has 0 unspecified atom stereocenters. The SMILES string of the molecule is O=S(=O)(c1ccc2c(c1)Cc1ccccc1-2)N1CCCN(S(=O)(=O)c2ccc3c(c2)Cc2ccccc2-3)CC1. The molecule has 0 radical (unpaired) electrons. The van der Waals surface area contributed by atoms with Crippen LogP contribution in [-0.4, -0.2) is 51.6 Å². The quantitative estimate of drug-likeness (QED) is 0.309. The Labute approximate surface area is 229 Å². The molecule has 39 heavy (non-hydrogen) atoms. The van der Waals surface area contributed by atoms with Crippen molar-refractivity contribution in [2.24, 2.45) is 0 Å². The van der Waals surface area contributed by atoms with Gasteiger partial charge in [0.25, 0.3) is 0 Å². The van der Waals surface area contributed by atoms with Crippen LogP contribution >= 0.6 is 0 Å². The van der Waals surface area contributed by atoms with Crippen LogP contribution in [0.15, 0.2) is 94.7 Å². The fourth-order valence-corrected chi connectivity index (χ4v) is 9.25. The van der Waals surface area contributed by atoms with Gasteiger partial charge in [0.1, 0.15) is 0 Å². The van der Waals surface area contributed by atoms with Gasteiger partial charge >= 0.3 is 0 Å². The van der Waals surface area contributed by atoms with Crippen molar-refractivity contribution in [1.29, 1.82) is 0 Å². The largest absolute Gasteiger partial charge is 0.243 e. The van der Waals surface area contributed by atoms with Crippen LogP contribution in [0.3, 0.4) is 0 Å². The van der Waals surface area contributed by atoms with Gasteiger partial charge < -0.3 is 0 Å². The Bertz CT molecular complexity index is 1710. The third-order valence-corrected chi connectivity index (χ3v) is 12.0. The molecule has 6 nitrogen and oxygen atoms in total. The Hall–Kier alpha value is -3.30. The monoisotopic (exact) mass is 556 g/mol. The summed E-state index contributed by atoms with van der Waals surface area (Å²) >= 11 is 0. The molecule has 1 saturated heterocycles. The summed E-state index contributed by atoms with van der Waals surface area (Å²) in [5.74, 6) is 0. The molecule has 1 fully saturated rings. The van der Waals surface area contributed by atoms with E-state index in [1.807, 2.05) is 36.4 Å². The predicted octanol–water partition coefficient (Wildman–Crippen LogP) is 4.91. The summed E-state index contributed by atoms with van der Waals surface area (Å²) < 4.78 is 57.4. The number of rotatable bonds is 4. The standard InChI is InChI=1S/C31H28N2O4S2/c34-38(35,26-10-12-30-24(20-26)18-22-6-1-3-8-28(22)30)32-14-5-15-33(17-16-32)39(36,37)27-11-13-31-25(21-27)19-23-7-2-4-9-29(23)31/h1-4,6-13,20-21H,5,14-19H2. The van der Waals surface area contributed by atoms with Crippen molar-refractivity contribution in [1.82, 2.24) is 8.61 Å². The van der Waals surface area contributed by atoms with Crippen LogP contribution in [0, 0.1) is 0 Å². The molecule has 0 bridgehead atoms. The first kappa shape index (κ1) is 24.7. The molecule has 7 rings (SSSR count). The lowest BCUT2D eigenvalue weighted by Crippen LogP contribution is -2.37. The van der Waals surface area contributed by atoms with Crippen LogP contribution in [0.2, 0.25) is 0 Å². The third-order valence-electron chi connectivity index (χ3n) is 8.22. The molecular formula is C31H28N2O4S2. The number of nitrogens with zero attached hydrogens (tertiary/aromatic N) is 2. The van der Waals surface area contributed by atoms with E-state index in [0.29, 0.717) is 19.3 Å². The van der Waals surface area contributed by atoms with Crippen molar-refractivity contribution in [3.05, 3.63) is 107 Å². The van der Waals surface area contributed by atoms with Gasteiger partial charge in [-0.3, -0.25) is 0 Å². The summed E-state index contributed by atoms with van der Waals surface area (Å²) in [5.41, 5.74) is 8.89. The maximum Gasteiger partial charge on any atom is 0.243 e. The predicted molar refractivity (Wildman–Crippen MR) is 152 cm³/mol. The molecule has 0 N–H and O–H groups in total. The zero-order chi connectivity index (χ0) is 26.8. The number of benzene rings is 4. The molecule has 4 aromatic rings. The highest BCUT2D eigenvalue weighted by atomic mass is 32.2. The highest BCUT2D eigenvalue weighted by Gasteiger charge is 2.33. The van der Waals surface area contributed by atoms with Crippen LogP contribution in [0.5, 0.6) is 0 Å². The second-order valence-electron chi connectivity index (χ2n) is 10.5. The van der Waals surface area contributed by atoms with Gasteiger partial charge in [0, 0.05) is 26.2 Å². The lowest BCUT2D eigenvalue weighted by molar-refractivity contribution is 0.404. The van der Waals surface area contributed by atoms with Gasteiger partial charge in [-0.25, -0.2) is 16.8 Å². The van der Waals surface area contributed by atoms with Crippen LogP contribution in [0.25, 0.3) is 22.3 Å². The molecule has 8 heteroatoms. The molecule has 4 aromatic carbocycles. The van der Waals surface area contributed by atoms with Crippen LogP contribution in [0.4, 0.5) is 0 Å². The van der Waals surface area contributed by atoms with E-state index in [9.17, 15) is 16.8 Å². The molecule has 0 aromatic heterocycles. The maximum atomic E-state index is 13.6. The van der Waals surface area contributed by atoms with Gasteiger partial charge in [0.05, 0.1) is 9.79 Å². The summed E-state index contributed by atoms with van der Waals surface area (Å²) in [7, 11) is -7.51. The Kier molecular flexibility index (Phi) is 5.79. The minimum atomic E-state index is -3.75. The van der Waals surface area contributed by atoms with Crippen molar-refractivity contribution in [2.75, 3.05) is 26.2 Å². The third kappa shape index (κ3) is 4.05. The van der Waals surface area contributed by atoms with Crippen molar-refractivity contribution in [2.45, 2.75) is 29.1 Å². The summed E-state index contributed by atoms with van der Waals surface area (Å²) in [6.07, 6.45) is 1.87. The van der Waals surface area contributed by atoms with E-state index in [4.69, 9.17) is 0 Å². The van der Waals surface area contributed by atoms with Gasteiger partial charge in [-0.2, -0.15) is 8.61 Å². The molecule has 0 saturated carbocycles. The normalized spacial score (nSPS) is 17.2. The van der Waals surface area contributed by atoms with Crippen molar-refractivity contribution in [3.8, 4) is 22.3 Å². The molecule has 1 aliphatic heterocycles.